The fraction of sp³-hybridized carbons (Fsp3) is 0.385. The first-order valence-electron chi connectivity index (χ1n) is 5.09. The zero-order chi connectivity index (χ0) is 10.4. The van der Waals surface area contributed by atoms with Crippen LogP contribution in [0.5, 0.6) is 5.75 Å². The van der Waals surface area contributed by atoms with E-state index in [0.29, 0.717) is 0 Å². The summed E-state index contributed by atoms with van der Waals surface area (Å²) in [6.45, 7) is 8.74. The van der Waals surface area contributed by atoms with Crippen molar-refractivity contribution < 1.29 is 4.74 Å². The molecule has 14 heavy (non-hydrogen) atoms. The largest absolute Gasteiger partial charge is 0.493 e. The Morgan fingerprint density at radius 1 is 1.36 bits per heavy atom. The van der Waals surface area contributed by atoms with E-state index in [1.165, 1.54) is 11.1 Å². The highest BCUT2D eigenvalue weighted by atomic mass is 16.5. The quantitative estimate of drug-likeness (QED) is 0.645. The van der Waals surface area contributed by atoms with Gasteiger partial charge >= 0.3 is 0 Å². The Hall–Kier alpha value is -1.24. The maximum atomic E-state index is 5.68. The van der Waals surface area contributed by atoms with Gasteiger partial charge in [-0.2, -0.15) is 0 Å². The monoisotopic (exact) mass is 190 g/mol. The van der Waals surface area contributed by atoms with Crippen LogP contribution >= 0.6 is 0 Å². The molecule has 1 aromatic rings. The Morgan fingerprint density at radius 2 is 2.07 bits per heavy atom. The molecule has 0 aliphatic rings. The Balaban J connectivity index is 2.53. The second-order valence-corrected chi connectivity index (χ2v) is 3.52. The average molecular weight is 190 g/mol. The van der Waals surface area contributed by atoms with Crippen molar-refractivity contribution in [2.45, 2.75) is 26.7 Å². The highest BCUT2D eigenvalue weighted by molar-refractivity contribution is 5.33. The standard InChI is InChI=1S/C13H18O/c1-4-12-7-5-6-8-13(12)14-10-9-11(2)3/h5-8H,2,4,9-10H2,1,3H3. The number of hydrogen-bond acceptors (Lipinski definition) is 1. The lowest BCUT2D eigenvalue weighted by molar-refractivity contribution is 0.318. The van der Waals surface area contributed by atoms with Crippen LogP contribution in [0.2, 0.25) is 0 Å². The first-order chi connectivity index (χ1) is 6.74. The smallest absolute Gasteiger partial charge is 0.122 e. The van der Waals surface area contributed by atoms with Crippen molar-refractivity contribution in [3.63, 3.8) is 0 Å². The maximum Gasteiger partial charge on any atom is 0.122 e. The van der Waals surface area contributed by atoms with E-state index in [4.69, 9.17) is 4.74 Å². The van der Waals surface area contributed by atoms with Crippen LogP contribution in [0, 0.1) is 0 Å². The molecule has 0 amide bonds. The van der Waals surface area contributed by atoms with Crippen molar-refractivity contribution in [3.8, 4) is 5.75 Å². The van der Waals surface area contributed by atoms with Gasteiger partial charge in [-0.3, -0.25) is 0 Å². The van der Waals surface area contributed by atoms with Gasteiger partial charge in [-0.25, -0.2) is 0 Å². The molecule has 1 nitrogen and oxygen atoms in total. The van der Waals surface area contributed by atoms with E-state index in [-0.39, 0.29) is 0 Å². The normalized spacial score (nSPS) is 9.86. The molecular formula is C13H18O. The van der Waals surface area contributed by atoms with Crippen LogP contribution < -0.4 is 4.74 Å². The highest BCUT2D eigenvalue weighted by Gasteiger charge is 1.99. The summed E-state index contributed by atoms with van der Waals surface area (Å²) in [5.41, 5.74) is 2.44. The van der Waals surface area contributed by atoms with Crippen molar-refractivity contribution in [2.24, 2.45) is 0 Å². The van der Waals surface area contributed by atoms with Crippen LogP contribution in [0.1, 0.15) is 25.8 Å². The fourth-order valence-corrected chi connectivity index (χ4v) is 1.27. The third-order valence-corrected chi connectivity index (χ3v) is 2.14. The van der Waals surface area contributed by atoms with Crippen LogP contribution in [0.25, 0.3) is 0 Å². The van der Waals surface area contributed by atoms with E-state index < -0.39 is 0 Å². The molecule has 0 fully saturated rings. The average Bonchev–Trinajstić information content (AvgIpc) is 2.18. The number of para-hydroxylation sites is 1. The minimum Gasteiger partial charge on any atom is -0.493 e. The van der Waals surface area contributed by atoms with E-state index in [1.807, 2.05) is 25.1 Å². The first-order valence-corrected chi connectivity index (χ1v) is 5.09. The molecule has 0 N–H and O–H groups in total. The van der Waals surface area contributed by atoms with Gasteiger partial charge in [-0.15, -0.1) is 6.58 Å². The zero-order valence-electron chi connectivity index (χ0n) is 9.05. The third-order valence-electron chi connectivity index (χ3n) is 2.14. The summed E-state index contributed by atoms with van der Waals surface area (Å²) in [5, 5.41) is 0. The minimum atomic E-state index is 0.729. The topological polar surface area (TPSA) is 9.23 Å². The molecule has 0 saturated heterocycles. The Kier molecular flexibility index (Phi) is 4.24. The molecule has 0 saturated carbocycles. The summed E-state index contributed by atoms with van der Waals surface area (Å²) in [4.78, 5) is 0. The van der Waals surface area contributed by atoms with Crippen molar-refractivity contribution >= 4 is 0 Å². The van der Waals surface area contributed by atoms with Crippen molar-refractivity contribution in [1.82, 2.24) is 0 Å². The van der Waals surface area contributed by atoms with Gasteiger partial charge in [0.05, 0.1) is 6.61 Å². The molecule has 0 bridgehead atoms. The van der Waals surface area contributed by atoms with Gasteiger partial charge in [-0.05, 0) is 25.0 Å². The molecular weight excluding hydrogens is 172 g/mol. The van der Waals surface area contributed by atoms with Crippen LogP contribution in [0.3, 0.4) is 0 Å². The van der Waals surface area contributed by atoms with E-state index in [1.54, 1.807) is 0 Å². The molecule has 1 aromatic carbocycles. The van der Waals surface area contributed by atoms with E-state index in [2.05, 4.69) is 19.6 Å². The molecule has 0 aromatic heterocycles. The second-order valence-electron chi connectivity index (χ2n) is 3.52. The van der Waals surface area contributed by atoms with Crippen molar-refractivity contribution in [1.29, 1.82) is 0 Å². The third kappa shape index (κ3) is 3.25. The number of aryl methyl sites for hydroxylation is 1. The van der Waals surface area contributed by atoms with Gasteiger partial charge in [0.2, 0.25) is 0 Å². The van der Waals surface area contributed by atoms with Crippen molar-refractivity contribution in [2.75, 3.05) is 6.61 Å². The summed E-state index contributed by atoms with van der Waals surface area (Å²) in [6.07, 6.45) is 1.95. The molecule has 1 rings (SSSR count). The molecule has 0 atom stereocenters. The van der Waals surface area contributed by atoms with Gasteiger partial charge in [0.15, 0.2) is 0 Å². The van der Waals surface area contributed by atoms with Crippen LogP contribution in [-0.2, 0) is 6.42 Å². The predicted molar refractivity (Wildman–Crippen MR) is 60.7 cm³/mol. The number of ether oxygens (including phenoxy) is 1. The molecule has 76 valence electrons. The Bertz CT molecular complexity index is 302. The second kappa shape index (κ2) is 5.48. The highest BCUT2D eigenvalue weighted by Crippen LogP contribution is 2.18. The van der Waals surface area contributed by atoms with E-state index in [0.717, 1.165) is 25.2 Å². The zero-order valence-corrected chi connectivity index (χ0v) is 9.05. The SMILES string of the molecule is C=C(C)CCOc1ccccc1CC. The Labute approximate surface area is 86.4 Å². The number of hydrogen-bond donors (Lipinski definition) is 0. The lowest BCUT2D eigenvalue weighted by Gasteiger charge is -2.09. The van der Waals surface area contributed by atoms with Gasteiger partial charge in [-0.1, -0.05) is 30.7 Å². The summed E-state index contributed by atoms with van der Waals surface area (Å²) in [5.74, 6) is 1.01. The summed E-state index contributed by atoms with van der Waals surface area (Å²) >= 11 is 0. The molecule has 0 radical (unpaired) electrons. The molecule has 0 heterocycles. The molecule has 0 aliphatic carbocycles. The summed E-state index contributed by atoms with van der Waals surface area (Å²) in [7, 11) is 0. The minimum absolute atomic E-state index is 0.729. The van der Waals surface area contributed by atoms with Crippen LogP contribution in [-0.4, -0.2) is 6.61 Å². The fourth-order valence-electron chi connectivity index (χ4n) is 1.27. The summed E-state index contributed by atoms with van der Waals surface area (Å²) < 4.78 is 5.68. The molecule has 0 aliphatic heterocycles. The Morgan fingerprint density at radius 3 is 2.71 bits per heavy atom. The maximum absolute atomic E-state index is 5.68. The number of benzene rings is 1. The first kappa shape index (κ1) is 10.8. The van der Waals surface area contributed by atoms with Crippen LogP contribution in [0.4, 0.5) is 0 Å². The van der Waals surface area contributed by atoms with Gasteiger partial charge in [0, 0.05) is 6.42 Å². The lowest BCUT2D eigenvalue weighted by Crippen LogP contribution is -1.99. The van der Waals surface area contributed by atoms with E-state index >= 15 is 0 Å². The predicted octanol–water partition coefficient (Wildman–Crippen LogP) is 3.59. The molecule has 0 spiro atoms. The van der Waals surface area contributed by atoms with Crippen molar-refractivity contribution in [3.05, 3.63) is 42.0 Å². The summed E-state index contributed by atoms with van der Waals surface area (Å²) in [6, 6.07) is 8.19. The number of rotatable bonds is 5. The molecule has 1 heteroatoms. The molecule has 0 unspecified atom stereocenters. The van der Waals surface area contributed by atoms with Gasteiger partial charge < -0.3 is 4.74 Å². The van der Waals surface area contributed by atoms with Gasteiger partial charge in [0.1, 0.15) is 5.75 Å². The van der Waals surface area contributed by atoms with E-state index in [9.17, 15) is 0 Å². The lowest BCUT2D eigenvalue weighted by atomic mass is 10.1. The van der Waals surface area contributed by atoms with Gasteiger partial charge in [0.25, 0.3) is 0 Å². The van der Waals surface area contributed by atoms with Crippen LogP contribution in [0.15, 0.2) is 36.4 Å².